The van der Waals surface area contributed by atoms with Gasteiger partial charge in [-0.05, 0) is 73.8 Å². The predicted molar refractivity (Wildman–Crippen MR) is 165 cm³/mol. The Hall–Kier alpha value is -3.94. The van der Waals surface area contributed by atoms with Crippen molar-refractivity contribution in [3.05, 3.63) is 69.7 Å². The molecule has 4 rings (SSSR count). The lowest BCUT2D eigenvalue weighted by Gasteiger charge is -2.34. The summed E-state index contributed by atoms with van der Waals surface area (Å²) in [7, 11) is 0. The van der Waals surface area contributed by atoms with E-state index in [1.807, 2.05) is 18.2 Å². The van der Waals surface area contributed by atoms with Crippen LogP contribution in [0.3, 0.4) is 0 Å². The molecule has 2 aromatic rings. The van der Waals surface area contributed by atoms with Crippen LogP contribution in [-0.2, 0) is 33.8 Å². The van der Waals surface area contributed by atoms with Crippen LogP contribution in [0.1, 0.15) is 39.9 Å². The van der Waals surface area contributed by atoms with Crippen LogP contribution in [-0.4, -0.2) is 113 Å². The van der Waals surface area contributed by atoms with Crippen molar-refractivity contribution in [2.24, 2.45) is 0 Å². The van der Waals surface area contributed by atoms with Crippen LogP contribution in [0.2, 0.25) is 5.02 Å². The largest absolute Gasteiger partial charge is 0.490 e. The fourth-order valence-corrected chi connectivity index (χ4v) is 4.60. The summed E-state index contributed by atoms with van der Waals surface area (Å²) in [6, 6.07) is 14.5. The molecule has 1 saturated heterocycles. The van der Waals surface area contributed by atoms with Gasteiger partial charge in [0.05, 0.1) is 0 Å². The molecule has 0 unspecified atom stereocenters. The Labute approximate surface area is 290 Å². The third-order valence-electron chi connectivity index (χ3n) is 7.06. The SMILES string of the molecule is O=C(CCCN1CCN(Cc2ccc(Cl)cc2)CC1)c1ccc2c(c1)CCNCC2.O=C(O)C(F)(F)F.O=C(O)C(F)(F)F.O=C(O)C(F)(F)F. The van der Waals surface area contributed by atoms with E-state index in [9.17, 15) is 44.3 Å². The number of carboxylic acid groups (broad SMARTS) is 3. The molecule has 10 nitrogen and oxygen atoms in total. The van der Waals surface area contributed by atoms with E-state index < -0.39 is 36.4 Å². The Bertz CT molecular complexity index is 1370. The molecule has 0 radical (unpaired) electrons. The number of rotatable bonds is 7. The zero-order valence-electron chi connectivity index (χ0n) is 26.7. The minimum atomic E-state index is -5.08. The first-order valence-electron chi connectivity index (χ1n) is 15.0. The maximum absolute atomic E-state index is 12.7. The first-order chi connectivity index (χ1) is 23.5. The summed E-state index contributed by atoms with van der Waals surface area (Å²) in [5.41, 5.74) is 4.95. The van der Waals surface area contributed by atoms with Crippen LogP contribution in [0, 0.1) is 0 Å². The number of piperazine rings is 1. The second-order valence-electron chi connectivity index (χ2n) is 10.9. The lowest BCUT2D eigenvalue weighted by Crippen LogP contribution is -2.46. The first kappa shape index (κ1) is 45.1. The summed E-state index contributed by atoms with van der Waals surface area (Å²) in [5, 5.41) is 25.6. The zero-order chi connectivity index (χ0) is 39.0. The molecule has 51 heavy (non-hydrogen) atoms. The van der Waals surface area contributed by atoms with Crippen LogP contribution < -0.4 is 5.32 Å². The molecule has 286 valence electrons. The number of carbonyl (C=O) groups excluding carboxylic acids is 1. The highest BCUT2D eigenvalue weighted by molar-refractivity contribution is 6.30. The molecular formula is C31H35ClF9N3O7. The van der Waals surface area contributed by atoms with Crippen molar-refractivity contribution in [2.45, 2.75) is 50.8 Å². The topological polar surface area (TPSA) is 147 Å². The fourth-order valence-electron chi connectivity index (χ4n) is 4.47. The maximum atomic E-state index is 12.7. The van der Waals surface area contributed by atoms with E-state index in [0.29, 0.717) is 6.42 Å². The molecule has 0 bridgehead atoms. The normalized spacial score (nSPS) is 15.3. The van der Waals surface area contributed by atoms with Gasteiger partial charge in [0.2, 0.25) is 0 Å². The monoisotopic (exact) mass is 767 g/mol. The van der Waals surface area contributed by atoms with Crippen LogP contribution in [0.15, 0.2) is 42.5 Å². The number of fused-ring (bicyclic) bond motifs is 1. The molecule has 0 amide bonds. The second kappa shape index (κ2) is 20.8. The van der Waals surface area contributed by atoms with E-state index in [2.05, 4.69) is 39.4 Å². The van der Waals surface area contributed by atoms with Gasteiger partial charge in [-0.25, -0.2) is 14.4 Å². The standard InChI is InChI=1S/C25H32ClN3O.3C2HF3O2/c26-24-7-3-20(4-8-24)19-29-16-14-28(15-17-29)13-1-2-25(30)23-6-5-21-9-11-27-12-10-22(21)18-23;3*3-2(4,5)1(6)7/h3-8,18,27H,1-2,9-17,19H2;3*(H,6,7). The number of carboxylic acids is 3. The Balaban J connectivity index is 0.000000505. The minimum absolute atomic E-state index is 0.288. The van der Waals surface area contributed by atoms with E-state index in [1.54, 1.807) is 0 Å². The van der Waals surface area contributed by atoms with Gasteiger partial charge in [0.1, 0.15) is 0 Å². The van der Waals surface area contributed by atoms with E-state index in [1.165, 1.54) is 16.7 Å². The summed E-state index contributed by atoms with van der Waals surface area (Å²) in [5.74, 6) is -7.98. The number of alkyl halides is 9. The summed E-state index contributed by atoms with van der Waals surface area (Å²) in [6.07, 6.45) is -11.6. The molecule has 4 N–H and O–H groups in total. The second-order valence-corrected chi connectivity index (χ2v) is 11.3. The Morgan fingerprint density at radius 1 is 0.667 bits per heavy atom. The van der Waals surface area contributed by atoms with Gasteiger partial charge in [-0.2, -0.15) is 39.5 Å². The molecular weight excluding hydrogens is 733 g/mol. The van der Waals surface area contributed by atoms with E-state index in [0.717, 1.165) is 82.2 Å². The highest BCUT2D eigenvalue weighted by atomic mass is 35.5. The first-order valence-corrected chi connectivity index (χ1v) is 15.3. The number of halogens is 10. The van der Waals surface area contributed by atoms with Gasteiger partial charge in [-0.3, -0.25) is 9.69 Å². The van der Waals surface area contributed by atoms with Crippen molar-refractivity contribution < 1.29 is 74.0 Å². The lowest BCUT2D eigenvalue weighted by molar-refractivity contribution is -0.193. The van der Waals surface area contributed by atoms with Gasteiger partial charge < -0.3 is 25.5 Å². The third-order valence-corrected chi connectivity index (χ3v) is 7.31. The minimum Gasteiger partial charge on any atom is -0.475 e. The number of carbonyl (C=O) groups is 4. The summed E-state index contributed by atoms with van der Waals surface area (Å²) in [4.78, 5) is 44.4. The Kier molecular flexibility index (Phi) is 18.4. The highest BCUT2D eigenvalue weighted by Gasteiger charge is 2.39. The third kappa shape index (κ3) is 18.7. The average Bonchev–Trinajstić information content (AvgIpc) is 3.27. The van der Waals surface area contributed by atoms with Crippen LogP contribution in [0.4, 0.5) is 39.5 Å². The van der Waals surface area contributed by atoms with Gasteiger partial charge in [-0.1, -0.05) is 35.9 Å². The molecule has 20 heteroatoms. The molecule has 1 fully saturated rings. The van der Waals surface area contributed by atoms with Crippen molar-refractivity contribution >= 4 is 35.3 Å². The van der Waals surface area contributed by atoms with Gasteiger partial charge in [0, 0.05) is 49.7 Å². The fraction of sp³-hybridized carbons (Fsp3) is 0.484. The van der Waals surface area contributed by atoms with Crippen molar-refractivity contribution in [1.29, 1.82) is 0 Å². The molecule has 2 aliphatic rings. The molecule has 2 heterocycles. The van der Waals surface area contributed by atoms with Gasteiger partial charge >= 0.3 is 36.4 Å². The molecule has 0 aliphatic carbocycles. The van der Waals surface area contributed by atoms with Gasteiger partial charge in [0.25, 0.3) is 0 Å². The lowest BCUT2D eigenvalue weighted by atomic mass is 9.97. The highest BCUT2D eigenvalue weighted by Crippen LogP contribution is 2.18. The molecule has 0 spiro atoms. The maximum Gasteiger partial charge on any atom is 0.490 e. The number of hydrogen-bond donors (Lipinski definition) is 4. The van der Waals surface area contributed by atoms with Crippen molar-refractivity contribution in [3.8, 4) is 0 Å². The molecule has 2 aromatic carbocycles. The number of nitrogens with zero attached hydrogens (tertiary/aromatic N) is 2. The number of nitrogens with one attached hydrogen (secondary N) is 1. The Morgan fingerprint density at radius 3 is 1.55 bits per heavy atom. The molecule has 0 saturated carbocycles. The summed E-state index contributed by atoms with van der Waals surface area (Å²) >= 11 is 5.97. The van der Waals surface area contributed by atoms with E-state index >= 15 is 0 Å². The van der Waals surface area contributed by atoms with Crippen LogP contribution >= 0.6 is 11.6 Å². The predicted octanol–water partition coefficient (Wildman–Crippen LogP) is 5.71. The van der Waals surface area contributed by atoms with E-state index in [-0.39, 0.29) is 5.78 Å². The average molecular weight is 768 g/mol. The number of benzene rings is 2. The van der Waals surface area contributed by atoms with Crippen molar-refractivity contribution in [2.75, 3.05) is 45.8 Å². The number of hydrogen-bond acceptors (Lipinski definition) is 7. The van der Waals surface area contributed by atoms with E-state index in [4.69, 9.17) is 41.3 Å². The van der Waals surface area contributed by atoms with Crippen LogP contribution in [0.5, 0.6) is 0 Å². The van der Waals surface area contributed by atoms with Crippen molar-refractivity contribution in [3.63, 3.8) is 0 Å². The molecule has 0 aromatic heterocycles. The molecule has 0 atom stereocenters. The van der Waals surface area contributed by atoms with Crippen LogP contribution in [0.25, 0.3) is 0 Å². The van der Waals surface area contributed by atoms with Crippen molar-refractivity contribution in [1.82, 2.24) is 15.1 Å². The Morgan fingerprint density at radius 2 is 1.10 bits per heavy atom. The quantitative estimate of drug-likeness (QED) is 0.204. The number of aliphatic carboxylic acids is 3. The molecule has 2 aliphatic heterocycles. The summed E-state index contributed by atoms with van der Waals surface area (Å²) in [6.45, 7) is 8.35. The number of Topliss-reactive ketones (excluding diaryl/α,β-unsaturated/α-hetero) is 1. The smallest absolute Gasteiger partial charge is 0.475 e. The van der Waals surface area contributed by atoms with Gasteiger partial charge in [-0.15, -0.1) is 0 Å². The summed E-state index contributed by atoms with van der Waals surface area (Å²) < 4.78 is 95.2. The number of ketones is 1. The van der Waals surface area contributed by atoms with Gasteiger partial charge in [0.15, 0.2) is 5.78 Å². The zero-order valence-corrected chi connectivity index (χ0v) is 27.4.